The molecular weight excluding hydrogens is 142 g/mol. The van der Waals surface area contributed by atoms with E-state index in [1.807, 2.05) is 6.92 Å². The van der Waals surface area contributed by atoms with Crippen LogP contribution >= 0.6 is 0 Å². The van der Waals surface area contributed by atoms with Gasteiger partial charge in [0.2, 0.25) is 0 Å². The van der Waals surface area contributed by atoms with Gasteiger partial charge in [-0.05, 0) is 6.92 Å². The summed E-state index contributed by atoms with van der Waals surface area (Å²) >= 11 is 0. The summed E-state index contributed by atoms with van der Waals surface area (Å²) in [5.41, 5.74) is 0. The summed E-state index contributed by atoms with van der Waals surface area (Å²) in [4.78, 5) is 0. The van der Waals surface area contributed by atoms with E-state index in [2.05, 4.69) is 5.32 Å². The zero-order valence-corrected chi connectivity index (χ0v) is 6.70. The SMILES string of the molecule is C/C=C/C(O)C1CNCC1O. The Morgan fingerprint density at radius 1 is 1.55 bits per heavy atom. The van der Waals surface area contributed by atoms with Crippen LogP contribution in [-0.4, -0.2) is 35.5 Å². The minimum Gasteiger partial charge on any atom is -0.391 e. The molecular formula is C8H15NO2. The van der Waals surface area contributed by atoms with Crippen molar-refractivity contribution < 1.29 is 10.2 Å². The van der Waals surface area contributed by atoms with Crippen LogP contribution in [0.5, 0.6) is 0 Å². The van der Waals surface area contributed by atoms with Gasteiger partial charge in [0.1, 0.15) is 0 Å². The highest BCUT2D eigenvalue weighted by Crippen LogP contribution is 2.14. The molecule has 3 heteroatoms. The molecule has 64 valence electrons. The summed E-state index contributed by atoms with van der Waals surface area (Å²) in [6.45, 7) is 3.16. The quantitative estimate of drug-likeness (QED) is 0.474. The largest absolute Gasteiger partial charge is 0.391 e. The number of aliphatic hydroxyl groups is 2. The average molecular weight is 157 g/mol. The molecule has 0 aromatic carbocycles. The second kappa shape index (κ2) is 3.85. The minimum absolute atomic E-state index is 0.0359. The van der Waals surface area contributed by atoms with Gasteiger partial charge >= 0.3 is 0 Å². The normalized spacial score (nSPS) is 34.8. The summed E-state index contributed by atoms with van der Waals surface area (Å²) in [5.74, 6) is -0.0359. The Balaban J connectivity index is 2.45. The number of rotatable bonds is 2. The van der Waals surface area contributed by atoms with Gasteiger partial charge in [0.25, 0.3) is 0 Å². The molecule has 3 atom stereocenters. The minimum atomic E-state index is -0.509. The molecule has 1 saturated heterocycles. The Kier molecular flexibility index (Phi) is 3.05. The highest BCUT2D eigenvalue weighted by Gasteiger charge is 2.29. The highest BCUT2D eigenvalue weighted by molar-refractivity contribution is 4.96. The molecule has 1 aliphatic heterocycles. The smallest absolute Gasteiger partial charge is 0.0786 e. The molecule has 0 radical (unpaired) electrons. The molecule has 1 fully saturated rings. The third-order valence-electron chi connectivity index (χ3n) is 2.06. The molecule has 3 nitrogen and oxygen atoms in total. The van der Waals surface area contributed by atoms with Gasteiger partial charge in [0.05, 0.1) is 12.2 Å². The second-order valence-corrected chi connectivity index (χ2v) is 2.91. The zero-order chi connectivity index (χ0) is 8.27. The van der Waals surface area contributed by atoms with Gasteiger partial charge in [0, 0.05) is 19.0 Å². The van der Waals surface area contributed by atoms with Crippen molar-refractivity contribution in [3.63, 3.8) is 0 Å². The number of aliphatic hydroxyl groups excluding tert-OH is 2. The topological polar surface area (TPSA) is 52.5 Å². The fourth-order valence-corrected chi connectivity index (χ4v) is 1.37. The number of hydrogen-bond acceptors (Lipinski definition) is 3. The van der Waals surface area contributed by atoms with Crippen LogP contribution < -0.4 is 5.32 Å². The van der Waals surface area contributed by atoms with E-state index in [4.69, 9.17) is 0 Å². The number of nitrogens with one attached hydrogen (secondary N) is 1. The molecule has 11 heavy (non-hydrogen) atoms. The van der Waals surface area contributed by atoms with E-state index in [9.17, 15) is 10.2 Å². The Morgan fingerprint density at radius 2 is 2.27 bits per heavy atom. The van der Waals surface area contributed by atoms with E-state index in [0.29, 0.717) is 13.1 Å². The van der Waals surface area contributed by atoms with Crippen LogP contribution in [0.3, 0.4) is 0 Å². The molecule has 0 amide bonds. The molecule has 3 N–H and O–H groups in total. The Labute approximate surface area is 66.7 Å². The molecule has 0 aromatic heterocycles. The predicted octanol–water partition coefficient (Wildman–Crippen LogP) is -0.496. The molecule has 0 spiro atoms. The van der Waals surface area contributed by atoms with Gasteiger partial charge in [-0.1, -0.05) is 12.2 Å². The van der Waals surface area contributed by atoms with Gasteiger partial charge in [-0.25, -0.2) is 0 Å². The van der Waals surface area contributed by atoms with Crippen LogP contribution in [-0.2, 0) is 0 Å². The van der Waals surface area contributed by atoms with Gasteiger partial charge in [-0.3, -0.25) is 0 Å². The Bertz CT molecular complexity index is 147. The second-order valence-electron chi connectivity index (χ2n) is 2.91. The highest BCUT2D eigenvalue weighted by atomic mass is 16.3. The van der Waals surface area contributed by atoms with Gasteiger partial charge in [-0.15, -0.1) is 0 Å². The van der Waals surface area contributed by atoms with Crippen molar-refractivity contribution in [1.82, 2.24) is 5.32 Å². The van der Waals surface area contributed by atoms with Crippen molar-refractivity contribution >= 4 is 0 Å². The van der Waals surface area contributed by atoms with E-state index < -0.39 is 12.2 Å². The van der Waals surface area contributed by atoms with Crippen molar-refractivity contribution in [2.45, 2.75) is 19.1 Å². The van der Waals surface area contributed by atoms with Crippen LogP contribution in [0.1, 0.15) is 6.92 Å². The number of hydrogen-bond donors (Lipinski definition) is 3. The van der Waals surface area contributed by atoms with Crippen molar-refractivity contribution in [2.75, 3.05) is 13.1 Å². The van der Waals surface area contributed by atoms with Gasteiger partial charge in [-0.2, -0.15) is 0 Å². The van der Waals surface area contributed by atoms with E-state index in [1.54, 1.807) is 12.2 Å². The first-order chi connectivity index (χ1) is 5.25. The van der Waals surface area contributed by atoms with Crippen LogP contribution in [0.4, 0.5) is 0 Å². The molecule has 0 bridgehead atoms. The summed E-state index contributed by atoms with van der Waals surface area (Å²) in [6.07, 6.45) is 2.60. The lowest BCUT2D eigenvalue weighted by molar-refractivity contribution is 0.0681. The molecule has 0 aliphatic carbocycles. The Morgan fingerprint density at radius 3 is 2.73 bits per heavy atom. The molecule has 1 heterocycles. The first-order valence-corrected chi connectivity index (χ1v) is 3.95. The zero-order valence-electron chi connectivity index (χ0n) is 6.70. The van der Waals surface area contributed by atoms with E-state index in [1.165, 1.54) is 0 Å². The maximum absolute atomic E-state index is 9.43. The lowest BCUT2D eigenvalue weighted by Crippen LogP contribution is -2.28. The van der Waals surface area contributed by atoms with Crippen LogP contribution in [0.15, 0.2) is 12.2 Å². The van der Waals surface area contributed by atoms with E-state index in [0.717, 1.165) is 0 Å². The van der Waals surface area contributed by atoms with Crippen molar-refractivity contribution in [3.8, 4) is 0 Å². The molecule has 1 aliphatic rings. The van der Waals surface area contributed by atoms with Crippen molar-refractivity contribution in [3.05, 3.63) is 12.2 Å². The molecule has 3 unspecified atom stereocenters. The summed E-state index contributed by atoms with van der Waals surface area (Å²) in [6, 6.07) is 0. The Hall–Kier alpha value is -0.380. The maximum atomic E-state index is 9.43. The van der Waals surface area contributed by atoms with Crippen molar-refractivity contribution in [2.24, 2.45) is 5.92 Å². The van der Waals surface area contributed by atoms with Crippen LogP contribution in [0.25, 0.3) is 0 Å². The van der Waals surface area contributed by atoms with E-state index in [-0.39, 0.29) is 5.92 Å². The maximum Gasteiger partial charge on any atom is 0.0786 e. The van der Waals surface area contributed by atoms with Gasteiger partial charge < -0.3 is 15.5 Å². The summed E-state index contributed by atoms with van der Waals surface area (Å²) in [7, 11) is 0. The monoisotopic (exact) mass is 157 g/mol. The number of allylic oxidation sites excluding steroid dienone is 1. The third kappa shape index (κ3) is 2.02. The van der Waals surface area contributed by atoms with Crippen molar-refractivity contribution in [1.29, 1.82) is 0 Å². The van der Waals surface area contributed by atoms with Crippen LogP contribution in [0.2, 0.25) is 0 Å². The third-order valence-corrected chi connectivity index (χ3v) is 2.06. The predicted molar refractivity (Wildman–Crippen MR) is 43.2 cm³/mol. The fraction of sp³-hybridized carbons (Fsp3) is 0.750. The lowest BCUT2D eigenvalue weighted by atomic mass is 9.99. The molecule has 0 saturated carbocycles. The average Bonchev–Trinajstić information content (AvgIpc) is 2.36. The first kappa shape index (κ1) is 8.71. The fourth-order valence-electron chi connectivity index (χ4n) is 1.37. The summed E-state index contributed by atoms with van der Waals surface area (Å²) in [5, 5.41) is 21.8. The standard InChI is InChI=1S/C8H15NO2/c1-2-3-7(10)6-4-9-5-8(6)11/h2-3,6-11H,4-5H2,1H3/b3-2+. The van der Waals surface area contributed by atoms with E-state index >= 15 is 0 Å². The summed E-state index contributed by atoms with van der Waals surface area (Å²) < 4.78 is 0. The molecule has 0 aromatic rings. The first-order valence-electron chi connectivity index (χ1n) is 3.95. The lowest BCUT2D eigenvalue weighted by Gasteiger charge is -2.16. The van der Waals surface area contributed by atoms with Gasteiger partial charge in [0.15, 0.2) is 0 Å². The number of β-amino-alcohol motifs (C(OH)–C–C–N with tert-alkyl or cyclic N) is 1. The molecule has 1 rings (SSSR count). The van der Waals surface area contributed by atoms with Crippen LogP contribution in [0, 0.1) is 5.92 Å².